The van der Waals surface area contributed by atoms with Gasteiger partial charge >= 0.3 is 6.03 Å². The first-order chi connectivity index (χ1) is 9.06. The van der Waals surface area contributed by atoms with Crippen LogP contribution in [0.25, 0.3) is 0 Å². The summed E-state index contributed by atoms with van der Waals surface area (Å²) in [5.41, 5.74) is 5.90. The number of benzene rings is 1. The van der Waals surface area contributed by atoms with Gasteiger partial charge in [-0.3, -0.25) is 4.79 Å². The van der Waals surface area contributed by atoms with E-state index in [1.165, 1.54) is 4.90 Å². The molecule has 0 saturated carbocycles. The van der Waals surface area contributed by atoms with Gasteiger partial charge in [-0.2, -0.15) is 0 Å². The van der Waals surface area contributed by atoms with Gasteiger partial charge in [-0.05, 0) is 31.0 Å². The number of nitrogens with zero attached hydrogens (tertiary/aromatic N) is 1. The molecule has 19 heavy (non-hydrogen) atoms. The van der Waals surface area contributed by atoms with Crippen LogP contribution in [0.1, 0.15) is 12.8 Å². The summed E-state index contributed by atoms with van der Waals surface area (Å²) in [6.07, 6.45) is 1.55. The van der Waals surface area contributed by atoms with E-state index in [1.807, 2.05) is 0 Å². The number of likely N-dealkylation sites (tertiary alicyclic amines) is 1. The molecule has 5 nitrogen and oxygen atoms in total. The average molecular weight is 282 g/mol. The average Bonchev–Trinajstić information content (AvgIpc) is 2.39. The highest BCUT2D eigenvalue weighted by Gasteiger charge is 2.27. The smallest absolute Gasteiger partial charge is 0.314 e. The van der Waals surface area contributed by atoms with Gasteiger partial charge in [0.2, 0.25) is 5.91 Å². The summed E-state index contributed by atoms with van der Waals surface area (Å²) in [6.45, 7) is 0.998. The second-order valence-electron chi connectivity index (χ2n) is 4.62. The lowest BCUT2D eigenvalue weighted by molar-refractivity contribution is -0.121. The normalized spacial score (nSPS) is 19.0. The number of urea groups is 1. The molecule has 1 aliphatic heterocycles. The molecule has 0 bridgehead atoms. The molecule has 1 aromatic rings. The summed E-state index contributed by atoms with van der Waals surface area (Å²) in [7, 11) is 0. The third-order valence-electron chi connectivity index (χ3n) is 3.20. The van der Waals surface area contributed by atoms with Gasteiger partial charge in [0.05, 0.1) is 5.92 Å². The zero-order valence-electron chi connectivity index (χ0n) is 10.4. The number of hydrogen-bond donors (Lipinski definition) is 2. The molecule has 0 radical (unpaired) electrons. The number of piperidine rings is 1. The summed E-state index contributed by atoms with van der Waals surface area (Å²) in [4.78, 5) is 24.7. The Morgan fingerprint density at radius 1 is 1.42 bits per heavy atom. The Morgan fingerprint density at radius 3 is 2.89 bits per heavy atom. The predicted molar refractivity (Wildman–Crippen MR) is 74.0 cm³/mol. The number of halogens is 1. The molecule has 3 N–H and O–H groups in total. The molecule has 1 aliphatic rings. The van der Waals surface area contributed by atoms with Gasteiger partial charge in [0, 0.05) is 23.8 Å². The van der Waals surface area contributed by atoms with Crippen molar-refractivity contribution in [2.45, 2.75) is 12.8 Å². The SMILES string of the molecule is NC(=O)N1CCC[C@H](C(=O)Nc2cccc(Cl)c2)C1. The van der Waals surface area contributed by atoms with E-state index in [-0.39, 0.29) is 11.8 Å². The third-order valence-corrected chi connectivity index (χ3v) is 3.43. The van der Waals surface area contributed by atoms with Crippen LogP contribution in [-0.2, 0) is 4.79 Å². The number of carbonyl (C=O) groups excluding carboxylic acids is 2. The van der Waals surface area contributed by atoms with Crippen LogP contribution >= 0.6 is 11.6 Å². The highest BCUT2D eigenvalue weighted by atomic mass is 35.5. The van der Waals surface area contributed by atoms with Crippen molar-refractivity contribution >= 4 is 29.2 Å². The van der Waals surface area contributed by atoms with Crippen LogP contribution in [-0.4, -0.2) is 29.9 Å². The van der Waals surface area contributed by atoms with Crippen molar-refractivity contribution in [2.24, 2.45) is 11.7 Å². The Labute approximate surface area is 116 Å². The molecule has 2 rings (SSSR count). The highest BCUT2D eigenvalue weighted by Crippen LogP contribution is 2.20. The van der Waals surface area contributed by atoms with Crippen molar-refractivity contribution in [3.05, 3.63) is 29.3 Å². The second kappa shape index (κ2) is 5.93. The Hall–Kier alpha value is -1.75. The molecule has 6 heteroatoms. The number of primary amides is 1. The summed E-state index contributed by atoms with van der Waals surface area (Å²) < 4.78 is 0. The molecule has 1 saturated heterocycles. The first-order valence-corrected chi connectivity index (χ1v) is 6.55. The van der Waals surface area contributed by atoms with Crippen molar-refractivity contribution in [3.63, 3.8) is 0 Å². The Kier molecular flexibility index (Phi) is 4.27. The summed E-state index contributed by atoms with van der Waals surface area (Å²) >= 11 is 5.86. The third kappa shape index (κ3) is 3.61. The van der Waals surface area contributed by atoms with Crippen LogP contribution in [0.2, 0.25) is 5.02 Å². The fourth-order valence-electron chi connectivity index (χ4n) is 2.20. The fourth-order valence-corrected chi connectivity index (χ4v) is 2.39. The summed E-state index contributed by atoms with van der Waals surface area (Å²) in [6, 6.07) is 6.51. The lowest BCUT2D eigenvalue weighted by Crippen LogP contribution is -2.46. The molecule has 0 aromatic heterocycles. The Balaban J connectivity index is 1.98. The number of nitrogens with two attached hydrogens (primary N) is 1. The maximum atomic E-state index is 12.1. The van der Waals surface area contributed by atoms with E-state index < -0.39 is 6.03 Å². The molecular formula is C13H16ClN3O2. The van der Waals surface area contributed by atoms with Crippen LogP contribution < -0.4 is 11.1 Å². The van der Waals surface area contributed by atoms with Crippen molar-refractivity contribution in [1.82, 2.24) is 4.90 Å². The van der Waals surface area contributed by atoms with E-state index in [9.17, 15) is 9.59 Å². The largest absolute Gasteiger partial charge is 0.351 e. The van der Waals surface area contributed by atoms with Crippen molar-refractivity contribution in [1.29, 1.82) is 0 Å². The van der Waals surface area contributed by atoms with Crippen molar-refractivity contribution < 1.29 is 9.59 Å². The van der Waals surface area contributed by atoms with Crippen LogP contribution in [0.3, 0.4) is 0 Å². The summed E-state index contributed by atoms with van der Waals surface area (Å²) in [5, 5.41) is 3.38. The van der Waals surface area contributed by atoms with E-state index >= 15 is 0 Å². The molecule has 1 aromatic carbocycles. The molecule has 1 fully saturated rings. The van der Waals surface area contributed by atoms with Gasteiger partial charge in [0.25, 0.3) is 0 Å². The van der Waals surface area contributed by atoms with Gasteiger partial charge in [0.15, 0.2) is 0 Å². The molecule has 1 heterocycles. The monoisotopic (exact) mass is 281 g/mol. The maximum absolute atomic E-state index is 12.1. The van der Waals surface area contributed by atoms with Crippen LogP contribution in [0.5, 0.6) is 0 Å². The van der Waals surface area contributed by atoms with Gasteiger partial charge in [-0.1, -0.05) is 17.7 Å². The quantitative estimate of drug-likeness (QED) is 0.871. The van der Waals surface area contributed by atoms with Crippen LogP contribution in [0, 0.1) is 5.92 Å². The number of hydrogen-bond acceptors (Lipinski definition) is 2. The lowest BCUT2D eigenvalue weighted by Gasteiger charge is -2.30. The highest BCUT2D eigenvalue weighted by molar-refractivity contribution is 6.30. The summed E-state index contributed by atoms with van der Waals surface area (Å²) in [5.74, 6) is -0.326. The molecule has 0 spiro atoms. The van der Waals surface area contributed by atoms with E-state index in [0.717, 1.165) is 12.8 Å². The maximum Gasteiger partial charge on any atom is 0.314 e. The number of nitrogens with one attached hydrogen (secondary N) is 1. The minimum Gasteiger partial charge on any atom is -0.351 e. The first kappa shape index (κ1) is 13.7. The molecule has 1 atom stereocenters. The minimum absolute atomic E-state index is 0.104. The molecular weight excluding hydrogens is 266 g/mol. The van der Waals surface area contributed by atoms with Gasteiger partial charge in [0.1, 0.15) is 0 Å². The first-order valence-electron chi connectivity index (χ1n) is 6.17. The van der Waals surface area contributed by atoms with E-state index in [4.69, 9.17) is 17.3 Å². The number of carbonyl (C=O) groups is 2. The van der Waals surface area contributed by atoms with Crippen LogP contribution in [0.15, 0.2) is 24.3 Å². The van der Waals surface area contributed by atoms with E-state index in [1.54, 1.807) is 24.3 Å². The second-order valence-corrected chi connectivity index (χ2v) is 5.06. The predicted octanol–water partition coefficient (Wildman–Crippen LogP) is 2.07. The molecule has 0 aliphatic carbocycles. The number of amides is 3. The zero-order valence-corrected chi connectivity index (χ0v) is 11.2. The van der Waals surface area contributed by atoms with Crippen molar-refractivity contribution in [3.8, 4) is 0 Å². The Morgan fingerprint density at radius 2 is 2.21 bits per heavy atom. The molecule has 102 valence electrons. The Bertz CT molecular complexity index is 493. The minimum atomic E-state index is -0.472. The van der Waals surface area contributed by atoms with Gasteiger partial charge < -0.3 is 16.0 Å². The zero-order chi connectivity index (χ0) is 13.8. The fraction of sp³-hybridized carbons (Fsp3) is 0.385. The topological polar surface area (TPSA) is 75.4 Å². The van der Waals surface area contributed by atoms with Crippen molar-refractivity contribution in [2.75, 3.05) is 18.4 Å². The van der Waals surface area contributed by atoms with Crippen LogP contribution in [0.4, 0.5) is 10.5 Å². The number of anilines is 1. The number of rotatable bonds is 2. The molecule has 0 unspecified atom stereocenters. The van der Waals surface area contributed by atoms with E-state index in [0.29, 0.717) is 23.8 Å². The van der Waals surface area contributed by atoms with E-state index in [2.05, 4.69) is 5.32 Å². The molecule has 3 amide bonds. The standard InChI is InChI=1S/C13H16ClN3O2/c14-10-4-1-5-11(7-10)16-12(18)9-3-2-6-17(8-9)13(15)19/h1,4-5,7,9H,2-3,6,8H2,(H2,15,19)(H,16,18)/t9-/m0/s1. The van der Waals surface area contributed by atoms with Gasteiger partial charge in [-0.15, -0.1) is 0 Å². The van der Waals surface area contributed by atoms with Gasteiger partial charge in [-0.25, -0.2) is 4.79 Å². The lowest BCUT2D eigenvalue weighted by atomic mass is 9.97.